The van der Waals surface area contributed by atoms with Crippen LogP contribution < -0.4 is 0 Å². The lowest BCUT2D eigenvalue weighted by Crippen LogP contribution is -2.28. The molecule has 7 rings (SSSR count). The Hall–Kier alpha value is -4.39. The highest BCUT2D eigenvalue weighted by Gasteiger charge is 2.45. The van der Waals surface area contributed by atoms with Gasteiger partial charge in [0.25, 0.3) is 0 Å². The smallest absolute Gasteiger partial charge is 0.0713 e. The summed E-state index contributed by atoms with van der Waals surface area (Å²) >= 11 is 6.31. The average molecular weight is 505 g/mol. The first-order chi connectivity index (χ1) is 18.7. The standard InChI is InChI=1S/C37H25Cl/c38-32-18-10-13-28(24-32)26-11-9-12-27(23-26)29-21-22-34-33-19-7-8-20-35(33)37(36(34)25-29,30-14-3-1-4-15-30)31-16-5-2-6-17-31/h1-25H. The lowest BCUT2D eigenvalue weighted by Gasteiger charge is -2.34. The van der Waals surface area contributed by atoms with Gasteiger partial charge in [-0.2, -0.15) is 0 Å². The van der Waals surface area contributed by atoms with Crippen LogP contribution in [0, 0.1) is 0 Å². The van der Waals surface area contributed by atoms with Gasteiger partial charge in [0.05, 0.1) is 5.41 Å². The molecule has 1 heteroatoms. The molecule has 0 amide bonds. The van der Waals surface area contributed by atoms with Crippen molar-refractivity contribution in [3.63, 3.8) is 0 Å². The van der Waals surface area contributed by atoms with E-state index in [0.29, 0.717) is 0 Å². The summed E-state index contributed by atoms with van der Waals surface area (Å²) in [5.41, 5.74) is 12.1. The van der Waals surface area contributed by atoms with Gasteiger partial charge < -0.3 is 0 Å². The van der Waals surface area contributed by atoms with E-state index in [9.17, 15) is 0 Å². The van der Waals surface area contributed by atoms with Crippen LogP contribution >= 0.6 is 11.6 Å². The third-order valence-corrected chi connectivity index (χ3v) is 8.05. The second-order valence-electron chi connectivity index (χ2n) is 9.88. The van der Waals surface area contributed by atoms with Gasteiger partial charge in [-0.15, -0.1) is 0 Å². The highest BCUT2D eigenvalue weighted by Crippen LogP contribution is 2.56. The zero-order valence-corrected chi connectivity index (χ0v) is 21.6. The fourth-order valence-electron chi connectivity index (χ4n) is 6.17. The quantitative estimate of drug-likeness (QED) is 0.223. The number of hydrogen-bond acceptors (Lipinski definition) is 0. The van der Waals surface area contributed by atoms with Gasteiger partial charge in [-0.05, 0) is 79.9 Å². The van der Waals surface area contributed by atoms with Gasteiger partial charge >= 0.3 is 0 Å². The molecule has 180 valence electrons. The van der Waals surface area contributed by atoms with Gasteiger partial charge in [0, 0.05) is 5.02 Å². The molecule has 0 fully saturated rings. The zero-order chi connectivity index (χ0) is 25.5. The topological polar surface area (TPSA) is 0 Å². The summed E-state index contributed by atoms with van der Waals surface area (Å²) in [6.45, 7) is 0. The van der Waals surface area contributed by atoms with E-state index in [1.807, 2.05) is 18.2 Å². The summed E-state index contributed by atoms with van der Waals surface area (Å²) in [4.78, 5) is 0. The van der Waals surface area contributed by atoms with Crippen LogP contribution in [0.4, 0.5) is 0 Å². The Morgan fingerprint density at radius 2 is 0.895 bits per heavy atom. The third kappa shape index (κ3) is 3.53. The molecule has 0 atom stereocenters. The Bertz CT molecular complexity index is 1730. The Morgan fingerprint density at radius 1 is 0.368 bits per heavy atom. The summed E-state index contributed by atoms with van der Waals surface area (Å²) < 4.78 is 0. The number of halogens is 1. The van der Waals surface area contributed by atoms with Crippen molar-refractivity contribution in [2.75, 3.05) is 0 Å². The Balaban J connectivity index is 1.49. The summed E-state index contributed by atoms with van der Waals surface area (Å²) in [6, 6.07) is 54.5. The molecule has 6 aromatic rings. The molecule has 0 N–H and O–H groups in total. The lowest BCUT2D eigenvalue weighted by atomic mass is 9.67. The summed E-state index contributed by atoms with van der Waals surface area (Å²) in [6.07, 6.45) is 0. The number of rotatable bonds is 4. The Morgan fingerprint density at radius 3 is 1.55 bits per heavy atom. The van der Waals surface area contributed by atoms with E-state index in [1.54, 1.807) is 0 Å². The Labute approximate surface area is 228 Å². The summed E-state index contributed by atoms with van der Waals surface area (Å²) in [7, 11) is 0. The minimum atomic E-state index is -0.394. The first kappa shape index (κ1) is 22.8. The number of fused-ring (bicyclic) bond motifs is 3. The van der Waals surface area contributed by atoms with Crippen molar-refractivity contribution in [3.8, 4) is 33.4 Å². The van der Waals surface area contributed by atoms with Crippen molar-refractivity contribution in [2.45, 2.75) is 5.41 Å². The molecular formula is C37H25Cl. The maximum atomic E-state index is 6.31. The van der Waals surface area contributed by atoms with Gasteiger partial charge in [0.1, 0.15) is 0 Å². The molecule has 1 aliphatic rings. The van der Waals surface area contributed by atoms with E-state index in [0.717, 1.165) is 16.1 Å². The van der Waals surface area contributed by atoms with Gasteiger partial charge in [-0.3, -0.25) is 0 Å². The molecule has 0 nitrogen and oxygen atoms in total. The predicted octanol–water partition coefficient (Wildman–Crippen LogP) is 10.0. The van der Waals surface area contributed by atoms with Crippen molar-refractivity contribution in [2.24, 2.45) is 0 Å². The van der Waals surface area contributed by atoms with Crippen molar-refractivity contribution in [1.82, 2.24) is 0 Å². The molecule has 0 radical (unpaired) electrons. The minimum absolute atomic E-state index is 0.394. The first-order valence-electron chi connectivity index (χ1n) is 13.0. The molecule has 0 saturated carbocycles. The van der Waals surface area contributed by atoms with Gasteiger partial charge in [0.15, 0.2) is 0 Å². The third-order valence-electron chi connectivity index (χ3n) is 7.81. The highest BCUT2D eigenvalue weighted by atomic mass is 35.5. The van der Waals surface area contributed by atoms with Crippen molar-refractivity contribution in [1.29, 1.82) is 0 Å². The van der Waals surface area contributed by atoms with E-state index >= 15 is 0 Å². The van der Waals surface area contributed by atoms with Crippen LogP contribution in [0.3, 0.4) is 0 Å². The molecule has 0 heterocycles. The van der Waals surface area contributed by atoms with E-state index in [1.165, 1.54) is 44.5 Å². The maximum absolute atomic E-state index is 6.31. The second kappa shape index (κ2) is 9.17. The molecule has 38 heavy (non-hydrogen) atoms. The molecule has 0 bridgehead atoms. The molecule has 1 aliphatic carbocycles. The van der Waals surface area contributed by atoms with E-state index in [2.05, 4.69) is 133 Å². The van der Waals surface area contributed by atoms with Crippen LogP contribution in [-0.2, 0) is 5.41 Å². The van der Waals surface area contributed by atoms with Crippen LogP contribution in [-0.4, -0.2) is 0 Å². The molecular weight excluding hydrogens is 480 g/mol. The van der Waals surface area contributed by atoms with E-state index in [-0.39, 0.29) is 0 Å². The van der Waals surface area contributed by atoms with Crippen molar-refractivity contribution < 1.29 is 0 Å². The van der Waals surface area contributed by atoms with Gasteiger partial charge in [-0.25, -0.2) is 0 Å². The van der Waals surface area contributed by atoms with E-state index < -0.39 is 5.41 Å². The number of hydrogen-bond donors (Lipinski definition) is 0. The first-order valence-corrected chi connectivity index (χ1v) is 13.3. The summed E-state index contributed by atoms with van der Waals surface area (Å²) in [5.74, 6) is 0. The lowest BCUT2D eigenvalue weighted by molar-refractivity contribution is 0.769. The fourth-order valence-corrected chi connectivity index (χ4v) is 6.36. The van der Waals surface area contributed by atoms with E-state index in [4.69, 9.17) is 11.6 Å². The molecule has 0 saturated heterocycles. The maximum Gasteiger partial charge on any atom is 0.0713 e. The largest absolute Gasteiger partial charge is 0.0843 e. The molecule has 0 aliphatic heterocycles. The van der Waals surface area contributed by atoms with Gasteiger partial charge in [0.2, 0.25) is 0 Å². The molecule has 0 unspecified atom stereocenters. The zero-order valence-electron chi connectivity index (χ0n) is 20.8. The SMILES string of the molecule is Clc1cccc(-c2cccc(-c3ccc4c(c3)C(c3ccccc3)(c3ccccc3)c3ccccc3-4)c2)c1. The fraction of sp³-hybridized carbons (Fsp3) is 0.0270. The predicted molar refractivity (Wildman–Crippen MR) is 160 cm³/mol. The van der Waals surface area contributed by atoms with Crippen LogP contribution in [0.15, 0.2) is 152 Å². The molecule has 0 aromatic heterocycles. The average Bonchev–Trinajstić information content (AvgIpc) is 3.29. The second-order valence-corrected chi connectivity index (χ2v) is 10.3. The summed E-state index contributed by atoms with van der Waals surface area (Å²) in [5, 5.41) is 0.749. The monoisotopic (exact) mass is 504 g/mol. The highest BCUT2D eigenvalue weighted by molar-refractivity contribution is 6.30. The van der Waals surface area contributed by atoms with Gasteiger partial charge in [-0.1, -0.05) is 139 Å². The normalized spacial score (nSPS) is 13.1. The minimum Gasteiger partial charge on any atom is -0.0843 e. The van der Waals surface area contributed by atoms with Crippen LogP contribution in [0.5, 0.6) is 0 Å². The Kier molecular flexibility index (Phi) is 5.50. The number of benzene rings is 6. The van der Waals surface area contributed by atoms with Crippen molar-refractivity contribution >= 4 is 11.6 Å². The van der Waals surface area contributed by atoms with Crippen LogP contribution in [0.1, 0.15) is 22.3 Å². The molecule has 6 aromatic carbocycles. The molecule has 0 spiro atoms. The van der Waals surface area contributed by atoms with Crippen LogP contribution in [0.25, 0.3) is 33.4 Å². The van der Waals surface area contributed by atoms with Crippen molar-refractivity contribution in [3.05, 3.63) is 179 Å². The van der Waals surface area contributed by atoms with Crippen LogP contribution in [0.2, 0.25) is 5.02 Å².